The molecule has 5 nitrogen and oxygen atoms in total. The molecule has 1 aliphatic rings. The van der Waals surface area contributed by atoms with Crippen LogP contribution >= 0.6 is 0 Å². The smallest absolute Gasteiger partial charge is 0.214 e. The number of hydrogen-bond donors (Lipinski definition) is 1. The topological polar surface area (TPSA) is 79.2 Å². The largest absolute Gasteiger partial charge is 0.379 e. The van der Waals surface area contributed by atoms with E-state index in [0.29, 0.717) is 18.8 Å². The standard InChI is InChI=1S/C20H22N2O3S/c1-14(2)26(23,24)22-20-13-25-12-19(20)18-9-7-17(8-10-18)16-5-3-15(11-21)4-6-16/h3-10,14,19-20,22H,12-13H2,1-2H3/t19-,20-/m0/s1. The normalized spacial score (nSPS) is 20.2. The third-order valence-corrected chi connectivity index (χ3v) is 6.58. The first-order valence-corrected chi connectivity index (χ1v) is 10.1. The van der Waals surface area contributed by atoms with Gasteiger partial charge in [0.1, 0.15) is 0 Å². The van der Waals surface area contributed by atoms with Crippen molar-refractivity contribution in [3.63, 3.8) is 0 Å². The van der Waals surface area contributed by atoms with E-state index in [0.717, 1.165) is 16.7 Å². The maximum Gasteiger partial charge on any atom is 0.214 e. The van der Waals surface area contributed by atoms with Crippen molar-refractivity contribution in [3.05, 3.63) is 59.7 Å². The lowest BCUT2D eigenvalue weighted by Gasteiger charge is -2.21. The molecule has 0 aromatic heterocycles. The Bertz CT molecular complexity index is 898. The molecule has 2 aromatic rings. The highest BCUT2D eigenvalue weighted by Gasteiger charge is 2.33. The number of nitrogens with one attached hydrogen (secondary N) is 1. The summed E-state index contributed by atoms with van der Waals surface area (Å²) in [6, 6.07) is 17.4. The summed E-state index contributed by atoms with van der Waals surface area (Å²) >= 11 is 0. The van der Waals surface area contributed by atoms with Crippen LogP contribution in [0.2, 0.25) is 0 Å². The van der Waals surface area contributed by atoms with Crippen LogP contribution in [0.25, 0.3) is 11.1 Å². The quantitative estimate of drug-likeness (QED) is 0.877. The molecule has 0 radical (unpaired) electrons. The molecule has 0 aliphatic carbocycles. The summed E-state index contributed by atoms with van der Waals surface area (Å²) in [5, 5.41) is 8.42. The van der Waals surface area contributed by atoms with Gasteiger partial charge in [-0.3, -0.25) is 0 Å². The zero-order valence-electron chi connectivity index (χ0n) is 14.8. The second-order valence-electron chi connectivity index (χ2n) is 6.77. The molecular formula is C20H22N2O3S. The second kappa shape index (κ2) is 7.58. The minimum Gasteiger partial charge on any atom is -0.379 e. The maximum atomic E-state index is 12.2. The molecule has 3 rings (SSSR count). The van der Waals surface area contributed by atoms with E-state index >= 15 is 0 Å². The first-order chi connectivity index (χ1) is 12.4. The van der Waals surface area contributed by atoms with E-state index < -0.39 is 15.3 Å². The highest BCUT2D eigenvalue weighted by Crippen LogP contribution is 2.29. The predicted molar refractivity (Wildman–Crippen MR) is 101 cm³/mol. The summed E-state index contributed by atoms with van der Waals surface area (Å²) < 4.78 is 32.6. The molecule has 0 saturated carbocycles. The summed E-state index contributed by atoms with van der Waals surface area (Å²) in [6.07, 6.45) is 0. The predicted octanol–water partition coefficient (Wildman–Crippen LogP) is 3.04. The van der Waals surface area contributed by atoms with Crippen LogP contribution in [0.3, 0.4) is 0 Å². The lowest BCUT2D eigenvalue weighted by Crippen LogP contribution is -2.42. The highest BCUT2D eigenvalue weighted by atomic mass is 32.2. The van der Waals surface area contributed by atoms with Crippen LogP contribution in [-0.4, -0.2) is 32.9 Å². The molecule has 0 spiro atoms. The van der Waals surface area contributed by atoms with Gasteiger partial charge in [0.25, 0.3) is 0 Å². The molecular weight excluding hydrogens is 348 g/mol. The number of rotatable bonds is 5. The van der Waals surface area contributed by atoms with Gasteiger partial charge in [-0.1, -0.05) is 36.4 Å². The number of sulfonamides is 1. The zero-order valence-corrected chi connectivity index (χ0v) is 15.7. The molecule has 1 aliphatic heterocycles. The van der Waals surface area contributed by atoms with E-state index in [-0.39, 0.29) is 12.0 Å². The molecule has 26 heavy (non-hydrogen) atoms. The molecule has 0 amide bonds. The SMILES string of the molecule is CC(C)S(=O)(=O)N[C@H]1COC[C@H]1c1ccc(-c2ccc(C#N)cc2)cc1. The van der Waals surface area contributed by atoms with E-state index in [2.05, 4.69) is 10.8 Å². The Balaban J connectivity index is 1.78. The Morgan fingerprint density at radius 1 is 1.04 bits per heavy atom. The van der Waals surface area contributed by atoms with E-state index in [1.807, 2.05) is 36.4 Å². The molecule has 0 bridgehead atoms. The van der Waals surface area contributed by atoms with Crippen molar-refractivity contribution in [1.82, 2.24) is 4.72 Å². The number of benzene rings is 2. The maximum absolute atomic E-state index is 12.2. The summed E-state index contributed by atoms with van der Waals surface area (Å²) in [5.74, 6) is -0.00135. The number of hydrogen-bond acceptors (Lipinski definition) is 4. The van der Waals surface area contributed by atoms with Crippen molar-refractivity contribution in [2.24, 2.45) is 0 Å². The molecule has 136 valence electrons. The fourth-order valence-electron chi connectivity index (χ4n) is 3.01. The van der Waals surface area contributed by atoms with Crippen LogP contribution in [-0.2, 0) is 14.8 Å². The van der Waals surface area contributed by atoms with E-state index in [4.69, 9.17) is 10.00 Å². The average molecular weight is 370 g/mol. The van der Waals surface area contributed by atoms with Crippen molar-refractivity contribution in [2.75, 3.05) is 13.2 Å². The molecule has 2 atom stereocenters. The molecule has 1 saturated heterocycles. The van der Waals surface area contributed by atoms with E-state index in [1.54, 1.807) is 26.0 Å². The summed E-state index contributed by atoms with van der Waals surface area (Å²) in [4.78, 5) is 0. The Labute approximate surface area is 154 Å². The fourth-order valence-corrected chi connectivity index (χ4v) is 3.93. The van der Waals surface area contributed by atoms with Gasteiger partial charge in [-0.25, -0.2) is 13.1 Å². The second-order valence-corrected chi connectivity index (χ2v) is 9.04. The lowest BCUT2D eigenvalue weighted by molar-refractivity contribution is 0.189. The van der Waals surface area contributed by atoms with Gasteiger partial charge in [-0.15, -0.1) is 0 Å². The van der Waals surface area contributed by atoms with Gasteiger partial charge in [0.15, 0.2) is 0 Å². The van der Waals surface area contributed by atoms with Crippen LogP contribution in [0.5, 0.6) is 0 Å². The van der Waals surface area contributed by atoms with Gasteiger partial charge in [-0.05, 0) is 42.7 Å². The summed E-state index contributed by atoms with van der Waals surface area (Å²) in [5.41, 5.74) is 3.77. The van der Waals surface area contributed by atoms with Crippen LogP contribution in [0.4, 0.5) is 0 Å². The minimum atomic E-state index is -3.34. The Morgan fingerprint density at radius 3 is 2.15 bits per heavy atom. The molecule has 2 aromatic carbocycles. The molecule has 1 fully saturated rings. The Kier molecular flexibility index (Phi) is 5.42. The van der Waals surface area contributed by atoms with E-state index in [1.165, 1.54) is 0 Å². The van der Waals surface area contributed by atoms with Gasteiger partial charge >= 0.3 is 0 Å². The first-order valence-electron chi connectivity index (χ1n) is 8.60. The van der Waals surface area contributed by atoms with Crippen molar-refractivity contribution >= 4 is 10.0 Å². The molecule has 1 heterocycles. The van der Waals surface area contributed by atoms with Crippen LogP contribution in [0.15, 0.2) is 48.5 Å². The number of ether oxygens (including phenoxy) is 1. The average Bonchev–Trinajstić information content (AvgIpc) is 3.09. The Hall–Kier alpha value is -2.20. The summed E-state index contributed by atoms with van der Waals surface area (Å²) in [6.45, 7) is 4.22. The zero-order chi connectivity index (χ0) is 18.7. The first kappa shape index (κ1) is 18.6. The fraction of sp³-hybridized carbons (Fsp3) is 0.350. The van der Waals surface area contributed by atoms with Gasteiger partial charge < -0.3 is 4.74 Å². The lowest BCUT2D eigenvalue weighted by atomic mass is 9.93. The number of nitriles is 1. The third kappa shape index (κ3) is 3.96. The highest BCUT2D eigenvalue weighted by molar-refractivity contribution is 7.90. The van der Waals surface area contributed by atoms with Crippen LogP contribution < -0.4 is 4.72 Å². The monoisotopic (exact) mass is 370 g/mol. The molecule has 1 N–H and O–H groups in total. The van der Waals surface area contributed by atoms with Crippen molar-refractivity contribution < 1.29 is 13.2 Å². The van der Waals surface area contributed by atoms with Gasteiger partial charge in [0.2, 0.25) is 10.0 Å². The minimum absolute atomic E-state index is 0.00135. The van der Waals surface area contributed by atoms with Crippen LogP contribution in [0.1, 0.15) is 30.9 Å². The molecule has 0 unspecified atom stereocenters. The van der Waals surface area contributed by atoms with Gasteiger partial charge in [-0.2, -0.15) is 5.26 Å². The molecule has 6 heteroatoms. The Morgan fingerprint density at radius 2 is 1.62 bits per heavy atom. The number of nitrogens with zero attached hydrogens (tertiary/aromatic N) is 1. The van der Waals surface area contributed by atoms with Gasteiger partial charge in [0.05, 0.1) is 36.1 Å². The van der Waals surface area contributed by atoms with Crippen molar-refractivity contribution in [1.29, 1.82) is 5.26 Å². The third-order valence-electron chi connectivity index (χ3n) is 4.70. The van der Waals surface area contributed by atoms with Crippen molar-refractivity contribution in [2.45, 2.75) is 31.1 Å². The van der Waals surface area contributed by atoms with E-state index in [9.17, 15) is 8.42 Å². The van der Waals surface area contributed by atoms with Gasteiger partial charge in [0, 0.05) is 5.92 Å². The van der Waals surface area contributed by atoms with Crippen LogP contribution in [0, 0.1) is 11.3 Å². The summed E-state index contributed by atoms with van der Waals surface area (Å²) in [7, 11) is -3.34. The van der Waals surface area contributed by atoms with Crippen molar-refractivity contribution in [3.8, 4) is 17.2 Å².